The smallest absolute Gasteiger partial charge is 0.0580 e. The predicted molar refractivity (Wildman–Crippen MR) is 87.6 cm³/mol. The van der Waals surface area contributed by atoms with Gasteiger partial charge in [-0.25, -0.2) is 0 Å². The molecule has 1 fully saturated rings. The van der Waals surface area contributed by atoms with Crippen LogP contribution in [0.2, 0.25) is 0 Å². The Morgan fingerprint density at radius 1 is 1.35 bits per heavy atom. The van der Waals surface area contributed by atoms with Gasteiger partial charge in [-0.2, -0.15) is 0 Å². The molecule has 114 valence electrons. The van der Waals surface area contributed by atoms with E-state index >= 15 is 0 Å². The molecule has 1 aromatic rings. The van der Waals surface area contributed by atoms with Crippen molar-refractivity contribution in [3.8, 4) is 0 Å². The summed E-state index contributed by atoms with van der Waals surface area (Å²) in [5, 5.41) is 3.76. The van der Waals surface area contributed by atoms with Crippen LogP contribution in [0.1, 0.15) is 60.9 Å². The molecule has 1 N–H and O–H groups in total. The van der Waals surface area contributed by atoms with Crippen molar-refractivity contribution in [3.63, 3.8) is 0 Å². The standard InChI is InChI=1S/C17H29NOS/c1-5-7-18-16(17-12(3)8-13(4)20-17)11-14-9-15(10-14)19-6-2/h8,14-16,18H,5-7,9-11H2,1-4H3. The van der Waals surface area contributed by atoms with Crippen molar-refractivity contribution < 1.29 is 4.74 Å². The van der Waals surface area contributed by atoms with Crippen LogP contribution in [0.25, 0.3) is 0 Å². The lowest BCUT2D eigenvalue weighted by molar-refractivity contribution is -0.0290. The molecule has 1 aliphatic carbocycles. The van der Waals surface area contributed by atoms with Crippen molar-refractivity contribution >= 4 is 11.3 Å². The molecule has 2 rings (SSSR count). The Hall–Kier alpha value is -0.380. The lowest BCUT2D eigenvalue weighted by Crippen LogP contribution is -2.35. The van der Waals surface area contributed by atoms with Crippen LogP contribution in [-0.2, 0) is 4.74 Å². The summed E-state index contributed by atoms with van der Waals surface area (Å²) in [6.45, 7) is 10.8. The summed E-state index contributed by atoms with van der Waals surface area (Å²) in [7, 11) is 0. The van der Waals surface area contributed by atoms with Crippen LogP contribution >= 0.6 is 11.3 Å². The molecule has 1 aliphatic rings. The Balaban J connectivity index is 1.93. The normalized spacial score (nSPS) is 23.6. The largest absolute Gasteiger partial charge is 0.378 e. The first kappa shape index (κ1) is 16.0. The van der Waals surface area contributed by atoms with Crippen molar-refractivity contribution in [2.75, 3.05) is 13.2 Å². The van der Waals surface area contributed by atoms with E-state index in [0.717, 1.165) is 19.1 Å². The number of hydrogen-bond donors (Lipinski definition) is 1. The SMILES string of the molecule is CCCNC(CC1CC(OCC)C1)c1sc(C)cc1C. The van der Waals surface area contributed by atoms with Crippen LogP contribution in [0.15, 0.2) is 6.07 Å². The zero-order valence-electron chi connectivity index (χ0n) is 13.4. The Morgan fingerprint density at radius 3 is 2.65 bits per heavy atom. The molecule has 1 heterocycles. The van der Waals surface area contributed by atoms with Crippen molar-refractivity contribution in [3.05, 3.63) is 21.4 Å². The minimum Gasteiger partial charge on any atom is -0.378 e. The van der Waals surface area contributed by atoms with Crippen LogP contribution in [0.4, 0.5) is 0 Å². The van der Waals surface area contributed by atoms with E-state index < -0.39 is 0 Å². The number of nitrogens with one attached hydrogen (secondary N) is 1. The van der Waals surface area contributed by atoms with Gasteiger partial charge in [0.05, 0.1) is 6.10 Å². The molecule has 1 atom stereocenters. The highest BCUT2D eigenvalue weighted by molar-refractivity contribution is 7.12. The van der Waals surface area contributed by atoms with E-state index in [-0.39, 0.29) is 0 Å². The van der Waals surface area contributed by atoms with Crippen LogP contribution in [0, 0.1) is 19.8 Å². The van der Waals surface area contributed by atoms with Crippen LogP contribution in [0.5, 0.6) is 0 Å². The van der Waals surface area contributed by atoms with E-state index in [1.165, 1.54) is 36.1 Å². The molecule has 1 unspecified atom stereocenters. The summed E-state index contributed by atoms with van der Waals surface area (Å²) in [5.41, 5.74) is 1.46. The fourth-order valence-corrected chi connectivity index (χ4v) is 4.30. The van der Waals surface area contributed by atoms with Crippen molar-refractivity contribution in [2.24, 2.45) is 5.92 Å². The number of rotatable bonds is 8. The summed E-state index contributed by atoms with van der Waals surface area (Å²) < 4.78 is 5.69. The van der Waals surface area contributed by atoms with E-state index in [9.17, 15) is 0 Å². The molecule has 0 aliphatic heterocycles. The monoisotopic (exact) mass is 295 g/mol. The predicted octanol–water partition coefficient (Wildman–Crippen LogP) is 4.61. The molecular formula is C17H29NOS. The Kier molecular flexibility index (Phi) is 6.06. The van der Waals surface area contributed by atoms with Crippen LogP contribution in [-0.4, -0.2) is 19.3 Å². The molecule has 0 saturated heterocycles. The Bertz CT molecular complexity index is 409. The molecule has 0 spiro atoms. The molecule has 1 saturated carbocycles. The average Bonchev–Trinajstić information content (AvgIpc) is 2.70. The van der Waals surface area contributed by atoms with Gasteiger partial charge < -0.3 is 10.1 Å². The third-order valence-corrected chi connectivity index (χ3v) is 5.47. The first-order valence-corrected chi connectivity index (χ1v) is 8.87. The van der Waals surface area contributed by atoms with Crippen LogP contribution < -0.4 is 5.32 Å². The zero-order valence-corrected chi connectivity index (χ0v) is 14.2. The minimum absolute atomic E-state index is 0.531. The van der Waals surface area contributed by atoms with Crippen molar-refractivity contribution in [1.29, 1.82) is 0 Å². The molecule has 0 amide bonds. The summed E-state index contributed by atoms with van der Waals surface area (Å²) in [6.07, 6.45) is 5.50. The number of ether oxygens (including phenoxy) is 1. The second-order valence-corrected chi connectivity index (χ2v) is 7.35. The summed E-state index contributed by atoms with van der Waals surface area (Å²) in [6, 6.07) is 2.87. The number of thiophene rings is 1. The second-order valence-electron chi connectivity index (χ2n) is 6.06. The van der Waals surface area contributed by atoms with Gasteiger partial charge in [0.15, 0.2) is 0 Å². The van der Waals surface area contributed by atoms with Gasteiger partial charge in [-0.1, -0.05) is 6.92 Å². The van der Waals surface area contributed by atoms with E-state index in [1.807, 2.05) is 11.3 Å². The quantitative estimate of drug-likeness (QED) is 0.756. The fraction of sp³-hybridized carbons (Fsp3) is 0.765. The number of aryl methyl sites for hydroxylation is 2. The number of hydrogen-bond acceptors (Lipinski definition) is 3. The van der Waals surface area contributed by atoms with Gasteiger partial charge in [0.1, 0.15) is 0 Å². The Labute approximate surface area is 127 Å². The van der Waals surface area contributed by atoms with Gasteiger partial charge in [0, 0.05) is 22.4 Å². The first-order valence-electron chi connectivity index (χ1n) is 8.05. The van der Waals surface area contributed by atoms with Gasteiger partial charge in [-0.05, 0) is 70.5 Å². The maximum Gasteiger partial charge on any atom is 0.0580 e. The third kappa shape index (κ3) is 4.06. The molecular weight excluding hydrogens is 266 g/mol. The topological polar surface area (TPSA) is 21.3 Å². The van der Waals surface area contributed by atoms with Gasteiger partial charge >= 0.3 is 0 Å². The highest BCUT2D eigenvalue weighted by atomic mass is 32.1. The Morgan fingerprint density at radius 2 is 2.10 bits per heavy atom. The molecule has 0 aromatic carbocycles. The van der Waals surface area contributed by atoms with Gasteiger partial charge in [-0.3, -0.25) is 0 Å². The summed E-state index contributed by atoms with van der Waals surface area (Å²) in [4.78, 5) is 2.98. The lowest BCUT2D eigenvalue weighted by Gasteiger charge is -2.37. The average molecular weight is 295 g/mol. The molecule has 2 nitrogen and oxygen atoms in total. The highest BCUT2D eigenvalue weighted by Gasteiger charge is 2.32. The van der Waals surface area contributed by atoms with E-state index in [0.29, 0.717) is 12.1 Å². The highest BCUT2D eigenvalue weighted by Crippen LogP contribution is 2.39. The fourth-order valence-electron chi connectivity index (χ4n) is 3.18. The molecule has 20 heavy (non-hydrogen) atoms. The molecule has 0 radical (unpaired) electrons. The van der Waals surface area contributed by atoms with E-state index in [4.69, 9.17) is 4.74 Å². The van der Waals surface area contributed by atoms with E-state index in [2.05, 4.69) is 39.1 Å². The third-order valence-electron chi connectivity index (χ3n) is 4.20. The first-order chi connectivity index (χ1) is 9.63. The van der Waals surface area contributed by atoms with E-state index in [1.54, 1.807) is 4.88 Å². The summed E-state index contributed by atoms with van der Waals surface area (Å²) in [5.74, 6) is 0.836. The minimum atomic E-state index is 0.531. The van der Waals surface area contributed by atoms with Gasteiger partial charge in [0.2, 0.25) is 0 Å². The van der Waals surface area contributed by atoms with Crippen LogP contribution in [0.3, 0.4) is 0 Å². The molecule has 3 heteroatoms. The maximum absolute atomic E-state index is 5.69. The molecule has 1 aromatic heterocycles. The lowest BCUT2D eigenvalue weighted by atomic mass is 9.77. The maximum atomic E-state index is 5.69. The second kappa shape index (κ2) is 7.58. The summed E-state index contributed by atoms with van der Waals surface area (Å²) >= 11 is 1.97. The zero-order chi connectivity index (χ0) is 14.5. The van der Waals surface area contributed by atoms with Crippen molar-refractivity contribution in [1.82, 2.24) is 5.32 Å². The molecule has 0 bridgehead atoms. The van der Waals surface area contributed by atoms with Gasteiger partial charge in [-0.15, -0.1) is 11.3 Å². The van der Waals surface area contributed by atoms with Crippen molar-refractivity contribution in [2.45, 2.75) is 65.5 Å². The van der Waals surface area contributed by atoms with Gasteiger partial charge in [0.25, 0.3) is 0 Å².